The highest BCUT2D eigenvalue weighted by Crippen LogP contribution is 2.43. The third kappa shape index (κ3) is 4.72. The lowest BCUT2D eigenvalue weighted by molar-refractivity contribution is -0.144. The Morgan fingerprint density at radius 2 is 2.12 bits per heavy atom. The number of likely N-dealkylation sites (N-methyl/N-ethyl adjacent to an activating group) is 1. The molecule has 0 unspecified atom stereocenters. The van der Waals surface area contributed by atoms with Crippen LogP contribution in [-0.4, -0.2) is 78.2 Å². The Morgan fingerprint density at radius 1 is 1.29 bits per heavy atom. The summed E-state index contributed by atoms with van der Waals surface area (Å²) < 4.78 is 5.40. The van der Waals surface area contributed by atoms with Crippen molar-refractivity contribution in [3.8, 4) is 5.75 Å². The van der Waals surface area contributed by atoms with Crippen LogP contribution in [0.15, 0.2) is 35.8 Å². The van der Waals surface area contributed by atoms with E-state index in [0.29, 0.717) is 30.9 Å². The molecule has 2 aliphatic rings. The Balaban J connectivity index is 1.68. The van der Waals surface area contributed by atoms with E-state index in [1.54, 1.807) is 42.8 Å². The number of rotatable bonds is 8. The van der Waals surface area contributed by atoms with E-state index < -0.39 is 5.41 Å². The molecule has 0 radical (unpaired) electrons. The first-order chi connectivity index (χ1) is 16.4. The van der Waals surface area contributed by atoms with Crippen molar-refractivity contribution >= 4 is 29.1 Å². The first-order valence-electron chi connectivity index (χ1n) is 11.7. The molecule has 2 fully saturated rings. The van der Waals surface area contributed by atoms with E-state index in [-0.39, 0.29) is 36.6 Å². The minimum Gasteiger partial charge on any atom is -0.497 e. The summed E-state index contributed by atoms with van der Waals surface area (Å²) in [5, 5.41) is 2.84. The minimum absolute atomic E-state index is 0.0199. The molecule has 0 saturated carbocycles. The molecule has 0 N–H and O–H groups in total. The van der Waals surface area contributed by atoms with Crippen LogP contribution in [0.1, 0.15) is 48.7 Å². The standard InChI is InChI=1S/C25H32N4O4S/c1-27(2)12-13-29-22(31)17-25(24(29)32,18-7-6-8-19(15-18)33-3)16-21(30)28-11-5-4-9-20(28)23-26-10-14-34-23/h6-8,10,14-15,20H,4-5,9,11-13,16-17H2,1-3H3/t20-,25+/m1/s1. The van der Waals surface area contributed by atoms with E-state index in [2.05, 4.69) is 4.98 Å². The highest BCUT2D eigenvalue weighted by molar-refractivity contribution is 7.09. The third-order valence-corrected chi connectivity index (χ3v) is 7.69. The molecule has 8 nitrogen and oxygen atoms in total. The van der Waals surface area contributed by atoms with Crippen molar-refractivity contribution in [1.82, 2.24) is 19.7 Å². The monoisotopic (exact) mass is 484 g/mol. The second-order valence-electron chi connectivity index (χ2n) is 9.29. The van der Waals surface area contributed by atoms with Gasteiger partial charge in [0, 0.05) is 44.1 Å². The normalized spacial score (nSPS) is 23.1. The number of likely N-dealkylation sites (tertiary alicyclic amines) is 2. The van der Waals surface area contributed by atoms with Crippen molar-refractivity contribution in [3.05, 3.63) is 46.4 Å². The van der Waals surface area contributed by atoms with Gasteiger partial charge in [0.2, 0.25) is 17.7 Å². The number of hydrogen-bond acceptors (Lipinski definition) is 7. The smallest absolute Gasteiger partial charge is 0.240 e. The number of thiazole rings is 1. The van der Waals surface area contributed by atoms with E-state index >= 15 is 0 Å². The van der Waals surface area contributed by atoms with Crippen molar-refractivity contribution in [3.63, 3.8) is 0 Å². The van der Waals surface area contributed by atoms with E-state index in [4.69, 9.17) is 4.74 Å². The molecule has 0 spiro atoms. The molecule has 1 aromatic carbocycles. The average molecular weight is 485 g/mol. The lowest BCUT2D eigenvalue weighted by Gasteiger charge is -2.37. The SMILES string of the molecule is COc1cccc([C@]2(CC(=O)N3CCCC[C@@H]3c3nccs3)CC(=O)N(CCN(C)C)C2=O)c1. The number of piperidine rings is 1. The summed E-state index contributed by atoms with van der Waals surface area (Å²) in [6.45, 7) is 1.50. The number of methoxy groups -OCH3 is 1. The van der Waals surface area contributed by atoms with Gasteiger partial charge in [-0.15, -0.1) is 11.3 Å². The number of carbonyl (C=O) groups excluding carboxylic acids is 3. The van der Waals surface area contributed by atoms with Crippen molar-refractivity contribution in [2.75, 3.05) is 40.8 Å². The maximum atomic E-state index is 13.8. The molecule has 2 saturated heterocycles. The first kappa shape index (κ1) is 24.3. The van der Waals surface area contributed by atoms with Crippen LogP contribution < -0.4 is 4.74 Å². The van der Waals surface area contributed by atoms with E-state index in [9.17, 15) is 14.4 Å². The number of carbonyl (C=O) groups is 3. The number of imide groups is 1. The van der Waals surface area contributed by atoms with Gasteiger partial charge in [-0.1, -0.05) is 12.1 Å². The summed E-state index contributed by atoms with van der Waals surface area (Å²) in [4.78, 5) is 50.3. The lowest BCUT2D eigenvalue weighted by Crippen LogP contribution is -2.46. The summed E-state index contributed by atoms with van der Waals surface area (Å²) in [6, 6.07) is 7.13. The molecule has 2 aromatic rings. The van der Waals surface area contributed by atoms with Crippen LogP contribution in [0.5, 0.6) is 5.75 Å². The van der Waals surface area contributed by atoms with Crippen molar-refractivity contribution < 1.29 is 19.1 Å². The second kappa shape index (κ2) is 10.2. The number of amides is 3. The fourth-order valence-corrected chi connectivity index (χ4v) is 5.74. The molecule has 182 valence electrons. The molecule has 2 atom stereocenters. The predicted molar refractivity (Wildman–Crippen MR) is 130 cm³/mol. The molecule has 1 aromatic heterocycles. The zero-order valence-electron chi connectivity index (χ0n) is 20.0. The van der Waals surface area contributed by atoms with Gasteiger partial charge in [-0.25, -0.2) is 4.98 Å². The zero-order valence-corrected chi connectivity index (χ0v) is 20.8. The van der Waals surface area contributed by atoms with Gasteiger partial charge in [-0.3, -0.25) is 19.3 Å². The highest BCUT2D eigenvalue weighted by atomic mass is 32.1. The van der Waals surface area contributed by atoms with Crippen LogP contribution in [-0.2, 0) is 19.8 Å². The van der Waals surface area contributed by atoms with Crippen molar-refractivity contribution in [2.45, 2.75) is 43.6 Å². The van der Waals surface area contributed by atoms with E-state index in [1.165, 1.54) is 4.90 Å². The number of aromatic nitrogens is 1. The Morgan fingerprint density at radius 3 is 2.82 bits per heavy atom. The maximum Gasteiger partial charge on any atom is 0.240 e. The van der Waals surface area contributed by atoms with Crippen LogP contribution in [0.2, 0.25) is 0 Å². The van der Waals surface area contributed by atoms with Crippen LogP contribution in [0.25, 0.3) is 0 Å². The molecular weight excluding hydrogens is 452 g/mol. The summed E-state index contributed by atoms with van der Waals surface area (Å²) >= 11 is 1.55. The summed E-state index contributed by atoms with van der Waals surface area (Å²) in [7, 11) is 5.37. The predicted octanol–water partition coefficient (Wildman–Crippen LogP) is 2.85. The summed E-state index contributed by atoms with van der Waals surface area (Å²) in [5.41, 5.74) is -0.589. The quantitative estimate of drug-likeness (QED) is 0.536. The number of benzene rings is 1. The zero-order chi connectivity index (χ0) is 24.3. The molecule has 0 aliphatic carbocycles. The van der Waals surface area contributed by atoms with Gasteiger partial charge in [-0.2, -0.15) is 0 Å². The lowest BCUT2D eigenvalue weighted by atomic mass is 9.75. The topological polar surface area (TPSA) is 83.1 Å². The van der Waals surface area contributed by atoms with Crippen LogP contribution >= 0.6 is 11.3 Å². The highest BCUT2D eigenvalue weighted by Gasteiger charge is 2.54. The van der Waals surface area contributed by atoms with E-state index in [1.807, 2.05) is 35.3 Å². The molecule has 9 heteroatoms. The Kier molecular flexibility index (Phi) is 7.33. The van der Waals surface area contributed by atoms with Crippen molar-refractivity contribution in [1.29, 1.82) is 0 Å². The van der Waals surface area contributed by atoms with Gasteiger partial charge in [0.15, 0.2) is 0 Å². The van der Waals surface area contributed by atoms with Gasteiger partial charge in [0.1, 0.15) is 10.8 Å². The van der Waals surface area contributed by atoms with E-state index in [0.717, 1.165) is 24.3 Å². The summed E-state index contributed by atoms with van der Waals surface area (Å²) in [5.74, 6) is -0.0605. The van der Waals surface area contributed by atoms with Gasteiger partial charge < -0.3 is 14.5 Å². The molecule has 2 aliphatic heterocycles. The Bertz CT molecular complexity index is 1040. The van der Waals surface area contributed by atoms with Crippen molar-refractivity contribution in [2.24, 2.45) is 0 Å². The number of nitrogens with zero attached hydrogens (tertiary/aromatic N) is 4. The number of ether oxygens (including phenoxy) is 1. The maximum absolute atomic E-state index is 13.8. The average Bonchev–Trinajstić information content (AvgIpc) is 3.45. The third-order valence-electron chi connectivity index (χ3n) is 6.81. The van der Waals surface area contributed by atoms with Crippen LogP contribution in [0.4, 0.5) is 0 Å². The Hall–Kier alpha value is -2.78. The molecular formula is C25H32N4O4S. The molecule has 3 heterocycles. The summed E-state index contributed by atoms with van der Waals surface area (Å²) in [6.07, 6.45) is 4.50. The van der Waals surface area contributed by atoms with Crippen LogP contribution in [0, 0.1) is 0 Å². The second-order valence-corrected chi connectivity index (χ2v) is 10.2. The largest absolute Gasteiger partial charge is 0.497 e. The van der Waals surface area contributed by atoms with Gasteiger partial charge >= 0.3 is 0 Å². The fraction of sp³-hybridized carbons (Fsp3) is 0.520. The molecule has 0 bridgehead atoms. The van der Waals surface area contributed by atoms with Gasteiger partial charge in [0.25, 0.3) is 0 Å². The fourth-order valence-electron chi connectivity index (χ4n) is 4.96. The van der Waals surface area contributed by atoms with Crippen LogP contribution in [0.3, 0.4) is 0 Å². The van der Waals surface area contributed by atoms with Gasteiger partial charge in [0.05, 0.1) is 18.6 Å². The molecule has 3 amide bonds. The molecule has 4 rings (SSSR count). The number of hydrogen-bond donors (Lipinski definition) is 0. The molecule has 34 heavy (non-hydrogen) atoms. The Labute approximate surface area is 204 Å². The minimum atomic E-state index is -1.24. The van der Waals surface area contributed by atoms with Gasteiger partial charge in [-0.05, 0) is 51.1 Å². The first-order valence-corrected chi connectivity index (χ1v) is 12.6.